The summed E-state index contributed by atoms with van der Waals surface area (Å²) in [5, 5.41) is 5.79. The van der Waals surface area contributed by atoms with Crippen molar-refractivity contribution in [2.75, 3.05) is 7.05 Å². The molecule has 0 fully saturated rings. The molecule has 0 spiro atoms. The van der Waals surface area contributed by atoms with E-state index in [1.54, 1.807) is 23.5 Å². The van der Waals surface area contributed by atoms with Crippen LogP contribution < -0.4 is 5.32 Å². The van der Waals surface area contributed by atoms with Crippen molar-refractivity contribution in [3.8, 4) is 0 Å². The van der Waals surface area contributed by atoms with E-state index in [0.717, 1.165) is 0 Å². The molecule has 0 saturated heterocycles. The average Bonchev–Trinajstić information content (AvgIpc) is 2.84. The molecule has 1 aromatic heterocycles. The molecular formula is C13H13ClFNS. The van der Waals surface area contributed by atoms with Gasteiger partial charge >= 0.3 is 0 Å². The van der Waals surface area contributed by atoms with Crippen LogP contribution in [0.15, 0.2) is 35.7 Å². The molecule has 0 saturated carbocycles. The first-order valence-corrected chi connectivity index (χ1v) is 6.61. The molecule has 2 aromatic rings. The van der Waals surface area contributed by atoms with Gasteiger partial charge in [0, 0.05) is 15.9 Å². The van der Waals surface area contributed by atoms with Crippen LogP contribution in [0.1, 0.15) is 16.5 Å². The summed E-state index contributed by atoms with van der Waals surface area (Å²) in [6.07, 6.45) is 0.601. The summed E-state index contributed by atoms with van der Waals surface area (Å²) in [5.74, 6) is -0.203. The van der Waals surface area contributed by atoms with Crippen LogP contribution in [-0.2, 0) is 6.42 Å². The number of halogens is 2. The summed E-state index contributed by atoms with van der Waals surface area (Å²) in [6.45, 7) is 0. The first kappa shape index (κ1) is 12.6. The summed E-state index contributed by atoms with van der Waals surface area (Å²) in [5.41, 5.74) is 0.644. The number of likely N-dealkylation sites (N-methyl/N-ethyl adjacent to an activating group) is 1. The van der Waals surface area contributed by atoms with E-state index in [1.165, 1.54) is 10.9 Å². The highest BCUT2D eigenvalue weighted by atomic mass is 35.5. The largest absolute Gasteiger partial charge is 0.312 e. The van der Waals surface area contributed by atoms with E-state index in [-0.39, 0.29) is 11.9 Å². The lowest BCUT2D eigenvalue weighted by atomic mass is 10.0. The summed E-state index contributed by atoms with van der Waals surface area (Å²) in [4.78, 5) is 1.20. The first-order chi connectivity index (χ1) is 8.20. The Morgan fingerprint density at radius 1 is 1.41 bits per heavy atom. The molecule has 0 aliphatic carbocycles. The van der Waals surface area contributed by atoms with E-state index in [4.69, 9.17) is 11.6 Å². The van der Waals surface area contributed by atoms with Crippen molar-refractivity contribution < 1.29 is 4.39 Å². The Kier molecular flexibility index (Phi) is 4.15. The number of rotatable bonds is 4. The van der Waals surface area contributed by atoms with Gasteiger partial charge in [0.05, 0.1) is 0 Å². The van der Waals surface area contributed by atoms with E-state index >= 15 is 0 Å². The second-order valence-corrected chi connectivity index (χ2v) is 5.21. The Balaban J connectivity index is 2.21. The van der Waals surface area contributed by atoms with Gasteiger partial charge in [-0.1, -0.05) is 17.7 Å². The molecule has 0 radical (unpaired) electrons. The van der Waals surface area contributed by atoms with Crippen LogP contribution in [0, 0.1) is 5.82 Å². The molecule has 0 aliphatic heterocycles. The number of thiophene rings is 1. The maximum atomic E-state index is 13.6. The molecule has 1 heterocycles. The van der Waals surface area contributed by atoms with Crippen LogP contribution in [0.5, 0.6) is 0 Å². The van der Waals surface area contributed by atoms with Crippen LogP contribution in [0.3, 0.4) is 0 Å². The highest BCUT2D eigenvalue weighted by Crippen LogP contribution is 2.25. The molecule has 2 rings (SSSR count). The molecule has 0 aliphatic rings. The SMILES string of the molecule is CNC(Cc1cc(Cl)ccc1F)c1cccs1. The van der Waals surface area contributed by atoms with Gasteiger partial charge < -0.3 is 5.32 Å². The van der Waals surface area contributed by atoms with Crippen LogP contribution in [0.2, 0.25) is 5.02 Å². The maximum absolute atomic E-state index is 13.6. The van der Waals surface area contributed by atoms with Gasteiger partial charge in [-0.3, -0.25) is 0 Å². The van der Waals surface area contributed by atoms with Gasteiger partial charge in [-0.15, -0.1) is 11.3 Å². The third kappa shape index (κ3) is 3.06. The second kappa shape index (κ2) is 5.63. The molecule has 90 valence electrons. The summed E-state index contributed by atoms with van der Waals surface area (Å²) < 4.78 is 13.6. The van der Waals surface area contributed by atoms with Crippen LogP contribution in [-0.4, -0.2) is 7.05 Å². The van der Waals surface area contributed by atoms with Gasteiger partial charge in [-0.25, -0.2) is 4.39 Å². The van der Waals surface area contributed by atoms with Crippen molar-refractivity contribution >= 4 is 22.9 Å². The Labute approximate surface area is 109 Å². The molecule has 1 unspecified atom stereocenters. The third-order valence-corrected chi connectivity index (χ3v) is 3.89. The number of nitrogens with one attached hydrogen (secondary N) is 1. The summed E-state index contributed by atoms with van der Waals surface area (Å²) in [7, 11) is 1.88. The molecule has 0 amide bonds. The zero-order valence-electron chi connectivity index (χ0n) is 9.41. The maximum Gasteiger partial charge on any atom is 0.126 e. The fourth-order valence-electron chi connectivity index (χ4n) is 1.75. The topological polar surface area (TPSA) is 12.0 Å². The van der Waals surface area contributed by atoms with Crippen LogP contribution in [0.4, 0.5) is 4.39 Å². The van der Waals surface area contributed by atoms with Crippen molar-refractivity contribution in [1.82, 2.24) is 5.32 Å². The molecular weight excluding hydrogens is 257 g/mol. The van der Waals surface area contributed by atoms with E-state index in [2.05, 4.69) is 5.32 Å². The van der Waals surface area contributed by atoms with Crippen molar-refractivity contribution in [3.63, 3.8) is 0 Å². The van der Waals surface area contributed by atoms with Gasteiger partial charge in [0.25, 0.3) is 0 Å². The normalized spacial score (nSPS) is 12.6. The van der Waals surface area contributed by atoms with Crippen molar-refractivity contribution in [3.05, 3.63) is 57.0 Å². The lowest BCUT2D eigenvalue weighted by Gasteiger charge is -2.15. The molecule has 4 heteroatoms. The minimum absolute atomic E-state index is 0.128. The van der Waals surface area contributed by atoms with Gasteiger partial charge in [-0.05, 0) is 48.7 Å². The molecule has 1 aromatic carbocycles. The van der Waals surface area contributed by atoms with Gasteiger partial charge in [0.15, 0.2) is 0 Å². The molecule has 0 bridgehead atoms. The molecule has 1 N–H and O–H groups in total. The minimum atomic E-state index is -0.203. The lowest BCUT2D eigenvalue weighted by Crippen LogP contribution is -2.18. The van der Waals surface area contributed by atoms with E-state index < -0.39 is 0 Å². The molecule has 17 heavy (non-hydrogen) atoms. The average molecular weight is 270 g/mol. The van der Waals surface area contributed by atoms with Gasteiger partial charge in [0.1, 0.15) is 5.82 Å². The fraction of sp³-hybridized carbons (Fsp3) is 0.231. The van der Waals surface area contributed by atoms with E-state index in [0.29, 0.717) is 17.0 Å². The zero-order valence-corrected chi connectivity index (χ0v) is 11.0. The fourth-order valence-corrected chi connectivity index (χ4v) is 2.79. The summed E-state index contributed by atoms with van der Waals surface area (Å²) >= 11 is 7.55. The smallest absolute Gasteiger partial charge is 0.126 e. The highest BCUT2D eigenvalue weighted by molar-refractivity contribution is 7.10. The zero-order chi connectivity index (χ0) is 12.3. The number of hydrogen-bond donors (Lipinski definition) is 1. The standard InChI is InChI=1S/C13H13ClFNS/c1-16-12(13-3-2-6-17-13)8-9-7-10(14)4-5-11(9)15/h2-7,12,16H,8H2,1H3. The quantitative estimate of drug-likeness (QED) is 0.883. The second-order valence-electron chi connectivity index (χ2n) is 3.80. The third-order valence-electron chi connectivity index (χ3n) is 2.67. The Morgan fingerprint density at radius 3 is 2.88 bits per heavy atom. The monoisotopic (exact) mass is 269 g/mol. The summed E-state index contributed by atoms with van der Waals surface area (Å²) in [6, 6.07) is 8.85. The van der Waals surface area contributed by atoms with Gasteiger partial charge in [0.2, 0.25) is 0 Å². The highest BCUT2D eigenvalue weighted by Gasteiger charge is 2.13. The van der Waals surface area contributed by atoms with Crippen molar-refractivity contribution in [1.29, 1.82) is 0 Å². The van der Waals surface area contributed by atoms with Crippen molar-refractivity contribution in [2.45, 2.75) is 12.5 Å². The predicted octanol–water partition coefficient (Wildman–Crippen LogP) is 4.04. The van der Waals surface area contributed by atoms with Crippen LogP contribution >= 0.6 is 22.9 Å². The Bertz CT molecular complexity index is 484. The van der Waals surface area contributed by atoms with Gasteiger partial charge in [-0.2, -0.15) is 0 Å². The number of benzene rings is 1. The molecule has 1 atom stereocenters. The predicted molar refractivity (Wildman–Crippen MR) is 71.2 cm³/mol. The lowest BCUT2D eigenvalue weighted by molar-refractivity contribution is 0.560. The minimum Gasteiger partial charge on any atom is -0.312 e. The van der Waals surface area contributed by atoms with Crippen molar-refractivity contribution in [2.24, 2.45) is 0 Å². The van der Waals surface area contributed by atoms with Crippen LogP contribution in [0.25, 0.3) is 0 Å². The Morgan fingerprint density at radius 2 is 2.24 bits per heavy atom. The first-order valence-electron chi connectivity index (χ1n) is 5.35. The Hall–Kier alpha value is -0.900. The molecule has 1 nitrogen and oxygen atoms in total. The van der Waals surface area contributed by atoms with E-state index in [1.807, 2.05) is 24.6 Å². The number of hydrogen-bond acceptors (Lipinski definition) is 2. The van der Waals surface area contributed by atoms with E-state index in [9.17, 15) is 4.39 Å².